The normalized spacial score (nSPS) is 12.5. The molecular formula is C11H16F3N3O2. The smallest absolute Gasteiger partial charge is 0.433 e. The van der Waals surface area contributed by atoms with Crippen LogP contribution in [0.15, 0.2) is 6.07 Å². The lowest BCUT2D eigenvalue weighted by molar-refractivity contribution is -0.141. The highest BCUT2D eigenvalue weighted by molar-refractivity contribution is 5.27. The third-order valence-corrected chi connectivity index (χ3v) is 2.52. The Labute approximate surface area is 108 Å². The Morgan fingerprint density at radius 2 is 1.89 bits per heavy atom. The molecule has 0 saturated heterocycles. The zero-order valence-electron chi connectivity index (χ0n) is 10.9. The van der Waals surface area contributed by atoms with Crippen LogP contribution in [0.2, 0.25) is 0 Å². The second-order valence-corrected chi connectivity index (χ2v) is 4.51. The van der Waals surface area contributed by atoms with Gasteiger partial charge in [-0.05, 0) is 13.8 Å². The molecule has 8 heteroatoms. The molecule has 0 spiro atoms. The van der Waals surface area contributed by atoms with E-state index in [1.54, 1.807) is 7.11 Å². The van der Waals surface area contributed by atoms with Gasteiger partial charge in [0.2, 0.25) is 11.8 Å². The molecule has 0 aliphatic rings. The first-order valence-electron chi connectivity index (χ1n) is 5.54. The van der Waals surface area contributed by atoms with E-state index in [-0.39, 0.29) is 12.5 Å². The average molecular weight is 279 g/mol. The lowest BCUT2D eigenvalue weighted by Crippen LogP contribution is -2.25. The Bertz CT molecular complexity index is 436. The quantitative estimate of drug-likeness (QED) is 0.895. The van der Waals surface area contributed by atoms with Crippen molar-refractivity contribution in [2.45, 2.75) is 32.0 Å². The van der Waals surface area contributed by atoms with E-state index < -0.39 is 23.4 Å². The summed E-state index contributed by atoms with van der Waals surface area (Å²) in [5.41, 5.74) is 3.66. The van der Waals surface area contributed by atoms with Crippen LogP contribution in [0.3, 0.4) is 0 Å². The summed E-state index contributed by atoms with van der Waals surface area (Å²) in [6.07, 6.45) is -4.09. The van der Waals surface area contributed by atoms with E-state index in [4.69, 9.17) is 15.2 Å². The van der Waals surface area contributed by atoms with Crippen molar-refractivity contribution in [1.82, 2.24) is 9.97 Å². The Hall–Kier alpha value is -1.57. The topological polar surface area (TPSA) is 70.3 Å². The summed E-state index contributed by atoms with van der Waals surface area (Å²) in [6.45, 7) is 3.84. The van der Waals surface area contributed by atoms with Crippen molar-refractivity contribution in [3.05, 3.63) is 11.8 Å². The minimum absolute atomic E-state index is 0.161. The molecule has 0 atom stereocenters. The number of alkyl halides is 3. The number of methoxy groups -OCH3 is 1. The molecule has 0 aromatic carbocycles. The van der Waals surface area contributed by atoms with Gasteiger partial charge in [0.25, 0.3) is 0 Å². The highest BCUT2D eigenvalue weighted by Crippen LogP contribution is 2.29. The Balaban J connectivity index is 2.72. The van der Waals surface area contributed by atoms with Gasteiger partial charge < -0.3 is 15.2 Å². The molecule has 0 aliphatic heterocycles. The van der Waals surface area contributed by atoms with Gasteiger partial charge in [-0.1, -0.05) is 0 Å². The summed E-state index contributed by atoms with van der Waals surface area (Å²) < 4.78 is 47.8. The molecule has 0 saturated carbocycles. The zero-order valence-corrected chi connectivity index (χ0v) is 10.9. The number of anilines is 1. The molecule has 0 amide bonds. The Morgan fingerprint density at radius 1 is 1.26 bits per heavy atom. The summed E-state index contributed by atoms with van der Waals surface area (Å²) in [4.78, 5) is 6.71. The van der Waals surface area contributed by atoms with Crippen molar-refractivity contribution in [2.24, 2.45) is 0 Å². The minimum Gasteiger partial charge on any atom is -0.477 e. The molecule has 1 rings (SSSR count). The Morgan fingerprint density at radius 3 is 2.42 bits per heavy atom. The first-order valence-corrected chi connectivity index (χ1v) is 5.54. The summed E-state index contributed by atoms with van der Waals surface area (Å²) in [6, 6.07) is 0.718. The maximum atomic E-state index is 12.5. The summed E-state index contributed by atoms with van der Waals surface area (Å²) in [7, 11) is 1.55. The van der Waals surface area contributed by atoms with Crippen LogP contribution < -0.4 is 10.5 Å². The number of rotatable bonds is 5. The molecule has 108 valence electrons. The van der Waals surface area contributed by atoms with Crippen LogP contribution in [-0.4, -0.2) is 29.3 Å². The molecule has 1 aromatic rings. The number of ether oxygens (including phenoxy) is 2. The van der Waals surface area contributed by atoms with Crippen molar-refractivity contribution in [2.75, 3.05) is 19.5 Å². The number of nitrogen functional groups attached to an aromatic ring is 1. The number of hydrogen-bond acceptors (Lipinski definition) is 5. The largest absolute Gasteiger partial charge is 0.477 e. The van der Waals surface area contributed by atoms with Crippen LogP contribution in [0.1, 0.15) is 26.0 Å². The standard InChI is InChI=1S/C11H16F3N3O2/c1-10(2,18-3)4-5-19-8-6-7(11(12,13)14)16-9(15)17-8/h6H,4-5H2,1-3H3,(H2,15,16,17). The van der Waals surface area contributed by atoms with Gasteiger partial charge >= 0.3 is 6.18 Å². The number of nitrogens with two attached hydrogens (primary N) is 1. The monoisotopic (exact) mass is 279 g/mol. The van der Waals surface area contributed by atoms with E-state index in [2.05, 4.69) is 9.97 Å². The van der Waals surface area contributed by atoms with Gasteiger partial charge in [0.05, 0.1) is 12.2 Å². The fourth-order valence-corrected chi connectivity index (χ4v) is 1.17. The Kier molecular flexibility index (Phi) is 4.56. The summed E-state index contributed by atoms with van der Waals surface area (Å²) in [5, 5.41) is 0. The maximum absolute atomic E-state index is 12.5. The summed E-state index contributed by atoms with van der Waals surface area (Å²) >= 11 is 0. The van der Waals surface area contributed by atoms with Crippen LogP contribution in [0.5, 0.6) is 5.88 Å². The fraction of sp³-hybridized carbons (Fsp3) is 0.636. The number of nitrogens with zero attached hydrogens (tertiary/aromatic N) is 2. The molecular weight excluding hydrogens is 263 g/mol. The fourth-order valence-electron chi connectivity index (χ4n) is 1.17. The highest BCUT2D eigenvalue weighted by atomic mass is 19.4. The molecule has 0 unspecified atom stereocenters. The minimum atomic E-state index is -4.58. The third-order valence-electron chi connectivity index (χ3n) is 2.52. The second kappa shape index (κ2) is 5.60. The van der Waals surface area contributed by atoms with Crippen molar-refractivity contribution < 1.29 is 22.6 Å². The molecule has 19 heavy (non-hydrogen) atoms. The third kappa shape index (κ3) is 4.90. The van der Waals surface area contributed by atoms with E-state index in [9.17, 15) is 13.2 Å². The first-order chi connectivity index (χ1) is 8.64. The van der Waals surface area contributed by atoms with Crippen LogP contribution in [0.4, 0.5) is 19.1 Å². The van der Waals surface area contributed by atoms with E-state index in [1.807, 2.05) is 13.8 Å². The molecule has 0 fully saturated rings. The van der Waals surface area contributed by atoms with E-state index in [0.717, 1.165) is 6.07 Å². The van der Waals surface area contributed by atoms with Crippen molar-refractivity contribution in [1.29, 1.82) is 0 Å². The number of hydrogen-bond donors (Lipinski definition) is 1. The van der Waals surface area contributed by atoms with Gasteiger partial charge in [0, 0.05) is 19.6 Å². The zero-order chi connectivity index (χ0) is 14.7. The van der Waals surface area contributed by atoms with Crippen molar-refractivity contribution in [3.63, 3.8) is 0 Å². The molecule has 5 nitrogen and oxygen atoms in total. The van der Waals surface area contributed by atoms with Gasteiger partial charge in [-0.2, -0.15) is 18.2 Å². The predicted molar refractivity (Wildman–Crippen MR) is 62.6 cm³/mol. The highest BCUT2D eigenvalue weighted by Gasteiger charge is 2.33. The number of aromatic nitrogens is 2. The maximum Gasteiger partial charge on any atom is 0.433 e. The SMILES string of the molecule is COC(C)(C)CCOc1cc(C(F)(F)F)nc(N)n1. The van der Waals surface area contributed by atoms with Gasteiger partial charge in [0.1, 0.15) is 0 Å². The molecule has 0 bridgehead atoms. The van der Waals surface area contributed by atoms with Gasteiger partial charge in [-0.15, -0.1) is 0 Å². The number of halogens is 3. The van der Waals surface area contributed by atoms with Gasteiger partial charge in [0.15, 0.2) is 5.69 Å². The van der Waals surface area contributed by atoms with Crippen LogP contribution >= 0.6 is 0 Å². The van der Waals surface area contributed by atoms with Gasteiger partial charge in [-0.3, -0.25) is 0 Å². The molecule has 1 heterocycles. The van der Waals surface area contributed by atoms with Gasteiger partial charge in [-0.25, -0.2) is 4.98 Å². The molecule has 1 aromatic heterocycles. The average Bonchev–Trinajstić information content (AvgIpc) is 2.27. The molecule has 2 N–H and O–H groups in total. The van der Waals surface area contributed by atoms with Crippen LogP contribution in [0, 0.1) is 0 Å². The van der Waals surface area contributed by atoms with E-state index >= 15 is 0 Å². The second-order valence-electron chi connectivity index (χ2n) is 4.51. The molecule has 0 radical (unpaired) electrons. The summed E-state index contributed by atoms with van der Waals surface area (Å²) in [5.74, 6) is -0.678. The lowest BCUT2D eigenvalue weighted by Gasteiger charge is -2.22. The van der Waals surface area contributed by atoms with E-state index in [1.165, 1.54) is 0 Å². The lowest BCUT2D eigenvalue weighted by atomic mass is 10.1. The predicted octanol–water partition coefficient (Wildman–Crippen LogP) is 2.27. The van der Waals surface area contributed by atoms with E-state index in [0.29, 0.717) is 6.42 Å². The first kappa shape index (κ1) is 15.5. The van der Waals surface area contributed by atoms with Crippen molar-refractivity contribution in [3.8, 4) is 5.88 Å². The van der Waals surface area contributed by atoms with Crippen LogP contribution in [0.25, 0.3) is 0 Å². The van der Waals surface area contributed by atoms with Crippen molar-refractivity contribution >= 4 is 5.95 Å². The molecule has 0 aliphatic carbocycles. The van der Waals surface area contributed by atoms with Crippen LogP contribution in [-0.2, 0) is 10.9 Å².